The Morgan fingerprint density at radius 2 is 1.96 bits per heavy atom. The van der Waals surface area contributed by atoms with E-state index < -0.39 is 0 Å². The minimum Gasteiger partial charge on any atom is -0.493 e. The molecule has 8 heteroatoms. The number of methoxy groups -OCH3 is 2. The number of aliphatic imine (C=N–C) groups is 1. The standard InChI is InChI=1S/C18H26N6O2/c1-5-23-12-21-22-17(23)10-20-18(19-2)24-7-6-13-8-15(25-3)16(26-4)9-14(13)11-24/h8-9,12H,5-7,10-11H2,1-4H3,(H,19,20). The average molecular weight is 358 g/mol. The number of aromatic nitrogens is 3. The molecule has 0 amide bonds. The molecule has 26 heavy (non-hydrogen) atoms. The smallest absolute Gasteiger partial charge is 0.194 e. The summed E-state index contributed by atoms with van der Waals surface area (Å²) >= 11 is 0. The molecule has 0 radical (unpaired) electrons. The number of hydrogen-bond acceptors (Lipinski definition) is 5. The highest BCUT2D eigenvalue weighted by molar-refractivity contribution is 5.80. The second-order valence-corrected chi connectivity index (χ2v) is 6.08. The van der Waals surface area contributed by atoms with E-state index in [1.54, 1.807) is 27.6 Å². The molecule has 1 aromatic heterocycles. The Bertz CT molecular complexity index is 786. The van der Waals surface area contributed by atoms with Gasteiger partial charge in [0.05, 0.1) is 20.8 Å². The molecular weight excluding hydrogens is 332 g/mol. The van der Waals surface area contributed by atoms with Crippen LogP contribution in [0.15, 0.2) is 23.5 Å². The fourth-order valence-electron chi connectivity index (χ4n) is 3.23. The molecule has 0 saturated heterocycles. The monoisotopic (exact) mass is 358 g/mol. The van der Waals surface area contributed by atoms with Gasteiger partial charge in [0.25, 0.3) is 0 Å². The van der Waals surface area contributed by atoms with Crippen LogP contribution in [0.1, 0.15) is 23.9 Å². The first-order valence-electron chi connectivity index (χ1n) is 8.76. The molecule has 8 nitrogen and oxygen atoms in total. The lowest BCUT2D eigenvalue weighted by Gasteiger charge is -2.32. The topological polar surface area (TPSA) is 76.8 Å². The van der Waals surface area contributed by atoms with Crippen LogP contribution in [-0.4, -0.2) is 53.4 Å². The number of ether oxygens (including phenoxy) is 2. The van der Waals surface area contributed by atoms with Crippen LogP contribution in [0, 0.1) is 0 Å². The predicted octanol–water partition coefficient (Wildman–Crippen LogP) is 1.45. The zero-order valence-corrected chi connectivity index (χ0v) is 15.8. The van der Waals surface area contributed by atoms with Crippen LogP contribution >= 0.6 is 0 Å². The van der Waals surface area contributed by atoms with Crippen LogP contribution < -0.4 is 14.8 Å². The maximum Gasteiger partial charge on any atom is 0.194 e. The zero-order chi connectivity index (χ0) is 18.5. The molecule has 0 atom stereocenters. The van der Waals surface area contributed by atoms with E-state index in [1.807, 2.05) is 4.57 Å². The molecule has 0 bridgehead atoms. The van der Waals surface area contributed by atoms with Crippen LogP contribution in [0.4, 0.5) is 0 Å². The summed E-state index contributed by atoms with van der Waals surface area (Å²) < 4.78 is 12.9. The minimum absolute atomic E-state index is 0.593. The van der Waals surface area contributed by atoms with Gasteiger partial charge in [-0.2, -0.15) is 0 Å². The highest BCUT2D eigenvalue weighted by atomic mass is 16.5. The Hall–Kier alpha value is -2.77. The molecule has 1 aliphatic rings. The average Bonchev–Trinajstić information content (AvgIpc) is 3.14. The van der Waals surface area contributed by atoms with Crippen molar-refractivity contribution in [2.45, 2.75) is 33.0 Å². The first kappa shape index (κ1) is 18.0. The molecule has 0 spiro atoms. The quantitative estimate of drug-likeness (QED) is 0.644. The van der Waals surface area contributed by atoms with Crippen molar-refractivity contribution in [3.05, 3.63) is 35.4 Å². The Balaban J connectivity index is 1.72. The SMILES string of the molecule is CCn1cnnc1CNC(=NC)N1CCc2cc(OC)c(OC)cc2C1. The van der Waals surface area contributed by atoms with Crippen molar-refractivity contribution in [1.82, 2.24) is 25.0 Å². The van der Waals surface area contributed by atoms with Crippen LogP contribution in [-0.2, 0) is 26.1 Å². The number of fused-ring (bicyclic) bond motifs is 1. The van der Waals surface area contributed by atoms with E-state index in [0.717, 1.165) is 49.3 Å². The molecule has 3 rings (SSSR count). The summed E-state index contributed by atoms with van der Waals surface area (Å²) in [4.78, 5) is 6.67. The van der Waals surface area contributed by atoms with Crippen molar-refractivity contribution < 1.29 is 9.47 Å². The Labute approximate surface area is 153 Å². The third kappa shape index (κ3) is 3.58. The van der Waals surface area contributed by atoms with Gasteiger partial charge in [-0.3, -0.25) is 4.99 Å². The highest BCUT2D eigenvalue weighted by Gasteiger charge is 2.21. The number of guanidine groups is 1. The number of benzene rings is 1. The van der Waals surface area contributed by atoms with E-state index in [1.165, 1.54) is 11.1 Å². The number of aryl methyl sites for hydroxylation is 1. The molecule has 2 heterocycles. The van der Waals surface area contributed by atoms with E-state index in [4.69, 9.17) is 9.47 Å². The fourth-order valence-corrected chi connectivity index (χ4v) is 3.23. The number of rotatable bonds is 5. The van der Waals surface area contributed by atoms with Gasteiger partial charge in [0, 0.05) is 26.7 Å². The summed E-state index contributed by atoms with van der Waals surface area (Å²) in [5.74, 6) is 3.29. The van der Waals surface area contributed by atoms with Crippen LogP contribution in [0.3, 0.4) is 0 Å². The summed E-state index contributed by atoms with van der Waals surface area (Å²) in [5.41, 5.74) is 2.52. The first-order chi connectivity index (χ1) is 12.7. The maximum absolute atomic E-state index is 5.44. The van der Waals surface area contributed by atoms with Crippen molar-refractivity contribution in [3.63, 3.8) is 0 Å². The largest absolute Gasteiger partial charge is 0.493 e. The minimum atomic E-state index is 0.593. The second-order valence-electron chi connectivity index (χ2n) is 6.08. The molecule has 0 unspecified atom stereocenters. The molecule has 0 saturated carbocycles. The van der Waals surface area contributed by atoms with E-state index in [0.29, 0.717) is 6.54 Å². The highest BCUT2D eigenvalue weighted by Crippen LogP contribution is 2.33. The van der Waals surface area contributed by atoms with Gasteiger partial charge < -0.3 is 24.3 Å². The van der Waals surface area contributed by atoms with E-state index >= 15 is 0 Å². The van der Waals surface area contributed by atoms with Gasteiger partial charge in [-0.25, -0.2) is 0 Å². The van der Waals surface area contributed by atoms with Crippen LogP contribution in [0.5, 0.6) is 11.5 Å². The normalized spacial score (nSPS) is 14.2. The van der Waals surface area contributed by atoms with Crippen molar-refractivity contribution in [3.8, 4) is 11.5 Å². The molecule has 1 aromatic carbocycles. The third-order valence-corrected chi connectivity index (χ3v) is 4.67. The number of nitrogens with zero attached hydrogens (tertiary/aromatic N) is 5. The summed E-state index contributed by atoms with van der Waals surface area (Å²) in [6.45, 7) is 5.18. The maximum atomic E-state index is 5.44. The van der Waals surface area contributed by atoms with Crippen molar-refractivity contribution >= 4 is 5.96 Å². The van der Waals surface area contributed by atoms with E-state index in [9.17, 15) is 0 Å². The van der Waals surface area contributed by atoms with E-state index in [2.05, 4.69) is 44.5 Å². The van der Waals surface area contributed by atoms with Gasteiger partial charge in [0.2, 0.25) is 0 Å². The lowest BCUT2D eigenvalue weighted by atomic mass is 9.99. The molecule has 1 aliphatic heterocycles. The molecule has 0 aliphatic carbocycles. The van der Waals surface area contributed by atoms with Gasteiger partial charge in [-0.1, -0.05) is 0 Å². The molecule has 140 valence electrons. The predicted molar refractivity (Wildman–Crippen MR) is 99.6 cm³/mol. The Morgan fingerprint density at radius 1 is 1.23 bits per heavy atom. The van der Waals surface area contributed by atoms with Crippen LogP contribution in [0.2, 0.25) is 0 Å². The number of nitrogens with one attached hydrogen (secondary N) is 1. The lowest BCUT2D eigenvalue weighted by molar-refractivity contribution is 0.345. The first-order valence-corrected chi connectivity index (χ1v) is 8.76. The molecule has 1 N–H and O–H groups in total. The van der Waals surface area contributed by atoms with Gasteiger partial charge in [-0.15, -0.1) is 10.2 Å². The molecular formula is C18H26N6O2. The number of hydrogen-bond donors (Lipinski definition) is 1. The van der Waals surface area contributed by atoms with Crippen molar-refractivity contribution in [2.75, 3.05) is 27.8 Å². The third-order valence-electron chi connectivity index (χ3n) is 4.67. The van der Waals surface area contributed by atoms with Gasteiger partial charge in [0.1, 0.15) is 6.33 Å². The summed E-state index contributed by atoms with van der Waals surface area (Å²) in [5, 5.41) is 11.5. The van der Waals surface area contributed by atoms with E-state index in [-0.39, 0.29) is 0 Å². The summed E-state index contributed by atoms with van der Waals surface area (Å²) in [6, 6.07) is 4.13. The second kappa shape index (κ2) is 8.07. The van der Waals surface area contributed by atoms with Crippen molar-refractivity contribution in [1.29, 1.82) is 0 Å². The summed E-state index contributed by atoms with van der Waals surface area (Å²) in [6.07, 6.45) is 2.68. The molecule has 0 fully saturated rings. The van der Waals surface area contributed by atoms with Gasteiger partial charge >= 0.3 is 0 Å². The van der Waals surface area contributed by atoms with Crippen molar-refractivity contribution in [2.24, 2.45) is 4.99 Å². The lowest BCUT2D eigenvalue weighted by Crippen LogP contribution is -2.44. The Morgan fingerprint density at radius 3 is 2.62 bits per heavy atom. The fraction of sp³-hybridized carbons (Fsp3) is 0.500. The molecule has 2 aromatic rings. The van der Waals surface area contributed by atoms with Gasteiger partial charge in [0.15, 0.2) is 23.3 Å². The zero-order valence-electron chi connectivity index (χ0n) is 15.8. The van der Waals surface area contributed by atoms with Crippen LogP contribution in [0.25, 0.3) is 0 Å². The Kier molecular flexibility index (Phi) is 5.60. The van der Waals surface area contributed by atoms with Gasteiger partial charge in [-0.05, 0) is 36.6 Å². The summed E-state index contributed by atoms with van der Waals surface area (Å²) in [7, 11) is 5.13.